The van der Waals surface area contributed by atoms with Gasteiger partial charge in [-0.2, -0.15) is 0 Å². The number of nitrogens with one attached hydrogen (secondary N) is 1. The van der Waals surface area contributed by atoms with Gasteiger partial charge in [0.2, 0.25) is 0 Å². The van der Waals surface area contributed by atoms with Crippen molar-refractivity contribution in [3.05, 3.63) is 75.3 Å². The summed E-state index contributed by atoms with van der Waals surface area (Å²) in [5, 5.41) is 0. The van der Waals surface area contributed by atoms with E-state index in [2.05, 4.69) is 28.8 Å². The molecular weight excluding hydrogens is 468 g/mol. The Kier molecular flexibility index (Phi) is 8.01. The summed E-state index contributed by atoms with van der Waals surface area (Å²) in [5.41, 5.74) is 2.36. The molecule has 0 unspecified atom stereocenters. The van der Waals surface area contributed by atoms with Crippen LogP contribution in [0, 0.1) is 5.92 Å². The lowest BCUT2D eigenvalue weighted by molar-refractivity contribution is 0.0984. The van der Waals surface area contributed by atoms with Crippen molar-refractivity contribution in [3.63, 3.8) is 0 Å². The number of rotatable bonds is 10. The average Bonchev–Trinajstić information content (AvgIpc) is 3.35. The fourth-order valence-electron chi connectivity index (χ4n) is 4.36. The summed E-state index contributed by atoms with van der Waals surface area (Å²) in [5.74, 6) is 0.814. The Morgan fingerprint density at radius 3 is 2.43 bits per heavy atom. The summed E-state index contributed by atoms with van der Waals surface area (Å²) in [7, 11) is 0. The molecule has 0 aliphatic carbocycles. The number of hydrogen-bond donors (Lipinski definition) is 1. The van der Waals surface area contributed by atoms with Crippen molar-refractivity contribution in [2.75, 3.05) is 11.4 Å². The molecule has 37 heavy (non-hydrogen) atoms. The van der Waals surface area contributed by atoms with E-state index in [1.807, 2.05) is 32.0 Å². The van der Waals surface area contributed by atoms with Gasteiger partial charge in [-0.1, -0.05) is 27.7 Å². The van der Waals surface area contributed by atoms with Crippen molar-refractivity contribution < 1.29 is 4.79 Å². The zero-order valence-corrected chi connectivity index (χ0v) is 21.9. The second-order valence-corrected chi connectivity index (χ2v) is 9.62. The Labute approximate surface area is 215 Å². The second-order valence-electron chi connectivity index (χ2n) is 9.62. The molecule has 0 atom stereocenters. The van der Waals surface area contributed by atoms with E-state index in [1.165, 1.54) is 4.57 Å². The molecule has 9 heteroatoms. The summed E-state index contributed by atoms with van der Waals surface area (Å²) in [4.78, 5) is 52.9. The van der Waals surface area contributed by atoms with Gasteiger partial charge in [0.05, 0.1) is 11.1 Å². The van der Waals surface area contributed by atoms with Gasteiger partial charge in [-0.3, -0.25) is 28.6 Å². The molecule has 9 nitrogen and oxygen atoms in total. The molecule has 0 saturated heterocycles. The molecule has 0 aromatic carbocycles. The first kappa shape index (κ1) is 26.1. The summed E-state index contributed by atoms with van der Waals surface area (Å²) in [6, 6.07) is 9.01. The Bertz CT molecular complexity index is 1480. The van der Waals surface area contributed by atoms with E-state index >= 15 is 0 Å². The third-order valence-electron chi connectivity index (χ3n) is 6.32. The van der Waals surface area contributed by atoms with Crippen LogP contribution < -0.4 is 16.1 Å². The molecule has 0 saturated carbocycles. The van der Waals surface area contributed by atoms with Crippen LogP contribution in [0.1, 0.15) is 57.3 Å². The SMILES string of the molecule is CCCn1c(=O)c2[nH]c(-c3ccc(N(CCC(C)C)C(=O)c4cccnc4)nc3)cc2n(CCC)c1=O. The van der Waals surface area contributed by atoms with Crippen molar-refractivity contribution >= 4 is 22.8 Å². The highest BCUT2D eigenvalue weighted by Crippen LogP contribution is 2.24. The first-order valence-corrected chi connectivity index (χ1v) is 12.9. The summed E-state index contributed by atoms with van der Waals surface area (Å²) >= 11 is 0. The van der Waals surface area contributed by atoms with Gasteiger partial charge in [-0.25, -0.2) is 9.78 Å². The van der Waals surface area contributed by atoms with Crippen molar-refractivity contribution in [2.45, 2.75) is 60.0 Å². The summed E-state index contributed by atoms with van der Waals surface area (Å²) < 4.78 is 2.96. The minimum absolute atomic E-state index is 0.153. The van der Waals surface area contributed by atoms with Crippen molar-refractivity contribution in [1.82, 2.24) is 24.1 Å². The molecule has 4 aromatic rings. The van der Waals surface area contributed by atoms with E-state index in [0.717, 1.165) is 18.4 Å². The lowest BCUT2D eigenvalue weighted by atomic mass is 10.1. The van der Waals surface area contributed by atoms with Crippen LogP contribution in [-0.4, -0.2) is 36.5 Å². The number of aromatic nitrogens is 5. The lowest BCUT2D eigenvalue weighted by Gasteiger charge is -2.23. The fraction of sp³-hybridized carbons (Fsp3) is 0.393. The number of hydrogen-bond acceptors (Lipinski definition) is 5. The number of amides is 1. The van der Waals surface area contributed by atoms with Gasteiger partial charge in [0.15, 0.2) is 0 Å². The van der Waals surface area contributed by atoms with Crippen LogP contribution in [0.5, 0.6) is 0 Å². The Balaban J connectivity index is 1.73. The number of carbonyl (C=O) groups excluding carboxylic acids is 1. The molecule has 4 heterocycles. The molecule has 4 aromatic heterocycles. The Hall–Kier alpha value is -4.01. The molecule has 0 aliphatic rings. The molecule has 194 valence electrons. The average molecular weight is 503 g/mol. The van der Waals surface area contributed by atoms with Crippen LogP contribution in [0.3, 0.4) is 0 Å². The molecule has 0 fully saturated rings. The Morgan fingerprint density at radius 2 is 1.81 bits per heavy atom. The van der Waals surface area contributed by atoms with E-state index in [-0.39, 0.29) is 17.2 Å². The number of aryl methyl sites for hydroxylation is 1. The largest absolute Gasteiger partial charge is 0.349 e. The highest BCUT2D eigenvalue weighted by molar-refractivity contribution is 6.05. The first-order valence-electron chi connectivity index (χ1n) is 12.9. The maximum absolute atomic E-state index is 13.3. The maximum Gasteiger partial charge on any atom is 0.331 e. The van der Waals surface area contributed by atoms with Gasteiger partial charge in [-0.15, -0.1) is 0 Å². The van der Waals surface area contributed by atoms with E-state index in [1.54, 1.807) is 40.2 Å². The minimum atomic E-state index is -0.313. The van der Waals surface area contributed by atoms with Crippen LogP contribution in [0.25, 0.3) is 22.3 Å². The van der Waals surface area contributed by atoms with Crippen LogP contribution >= 0.6 is 0 Å². The molecule has 1 N–H and O–H groups in total. The van der Waals surface area contributed by atoms with Gasteiger partial charge >= 0.3 is 5.69 Å². The van der Waals surface area contributed by atoms with E-state index in [0.29, 0.717) is 60.1 Å². The van der Waals surface area contributed by atoms with Gasteiger partial charge < -0.3 is 4.98 Å². The number of aromatic amines is 1. The molecule has 1 amide bonds. The van der Waals surface area contributed by atoms with Gasteiger partial charge in [0.1, 0.15) is 11.3 Å². The molecular formula is C28H34N6O3. The van der Waals surface area contributed by atoms with Crippen molar-refractivity contribution in [2.24, 2.45) is 5.92 Å². The highest BCUT2D eigenvalue weighted by Gasteiger charge is 2.20. The van der Waals surface area contributed by atoms with Gasteiger partial charge in [-0.05, 0) is 55.5 Å². The summed E-state index contributed by atoms with van der Waals surface area (Å²) in [6.07, 6.45) is 7.18. The number of fused-ring (bicyclic) bond motifs is 1. The molecule has 0 radical (unpaired) electrons. The monoisotopic (exact) mass is 502 g/mol. The minimum Gasteiger partial charge on any atom is -0.349 e. The van der Waals surface area contributed by atoms with Crippen LogP contribution in [0.4, 0.5) is 5.82 Å². The lowest BCUT2D eigenvalue weighted by Crippen LogP contribution is -2.39. The normalized spacial score (nSPS) is 11.4. The number of nitrogens with zero attached hydrogens (tertiary/aromatic N) is 5. The topological polar surface area (TPSA) is 106 Å². The van der Waals surface area contributed by atoms with Crippen molar-refractivity contribution in [1.29, 1.82) is 0 Å². The fourth-order valence-corrected chi connectivity index (χ4v) is 4.36. The van der Waals surface area contributed by atoms with Crippen molar-refractivity contribution in [3.8, 4) is 11.3 Å². The molecule has 0 aliphatic heterocycles. The third-order valence-corrected chi connectivity index (χ3v) is 6.32. The molecule has 4 rings (SSSR count). The zero-order chi connectivity index (χ0) is 26.5. The second kappa shape index (κ2) is 11.4. The number of carbonyl (C=O) groups is 1. The quantitative estimate of drug-likeness (QED) is 0.345. The van der Waals surface area contributed by atoms with Crippen LogP contribution in [0.2, 0.25) is 0 Å². The smallest absolute Gasteiger partial charge is 0.331 e. The van der Waals surface area contributed by atoms with Gasteiger partial charge in [0, 0.05) is 49.5 Å². The van der Waals surface area contributed by atoms with E-state index in [4.69, 9.17) is 0 Å². The standard InChI is InChI=1S/C28H34N6O3/c1-5-13-32-23-16-22(31-25(23)27(36)34(14-6-2)28(32)37)20-9-10-24(30-18-20)33(15-11-19(3)4)26(35)21-8-7-12-29-17-21/h7-10,12,16-19,31H,5-6,11,13-15H2,1-4H3. The predicted octanol–water partition coefficient (Wildman–Crippen LogP) is 4.46. The van der Waals surface area contributed by atoms with E-state index in [9.17, 15) is 14.4 Å². The summed E-state index contributed by atoms with van der Waals surface area (Å²) in [6.45, 7) is 9.61. The van der Waals surface area contributed by atoms with Crippen LogP contribution in [0.15, 0.2) is 58.5 Å². The molecule has 0 bridgehead atoms. The van der Waals surface area contributed by atoms with Crippen LogP contribution in [-0.2, 0) is 13.1 Å². The van der Waals surface area contributed by atoms with Gasteiger partial charge in [0.25, 0.3) is 11.5 Å². The predicted molar refractivity (Wildman–Crippen MR) is 146 cm³/mol. The maximum atomic E-state index is 13.3. The van der Waals surface area contributed by atoms with E-state index < -0.39 is 0 Å². The third kappa shape index (κ3) is 5.40. The molecule has 0 spiro atoms. The first-order chi connectivity index (χ1) is 17.8. The Morgan fingerprint density at radius 1 is 1.05 bits per heavy atom. The number of H-pyrrole nitrogens is 1. The number of anilines is 1. The highest BCUT2D eigenvalue weighted by atomic mass is 16.2. The number of pyridine rings is 2. The zero-order valence-electron chi connectivity index (χ0n) is 21.9.